The van der Waals surface area contributed by atoms with E-state index in [4.69, 9.17) is 0 Å². The van der Waals surface area contributed by atoms with Crippen LogP contribution in [0.15, 0.2) is 33.6 Å². The summed E-state index contributed by atoms with van der Waals surface area (Å²) in [6, 6.07) is 2.57. The molecule has 1 saturated heterocycles. The molecule has 0 saturated carbocycles. The molecule has 2 aromatic heterocycles. The Hall–Kier alpha value is -1.36. The normalized spacial score (nSPS) is 16.8. The van der Waals surface area contributed by atoms with Crippen LogP contribution in [0.1, 0.15) is 30.0 Å². The molecule has 0 radical (unpaired) electrons. The standard InChI is InChI=1S/C15H19N3O4S3/c1-12-17-13(10-23-12)11-24(19,20)15-6-5-14(9-16-15)25(21,22)18-7-3-2-4-8-18/h5-6,9-10H,2-4,7-8,11H2,1H3. The van der Waals surface area contributed by atoms with Crippen molar-refractivity contribution in [3.05, 3.63) is 34.4 Å². The number of hydrogen-bond acceptors (Lipinski definition) is 7. The first-order valence-corrected chi connectivity index (χ1v) is 11.9. The molecule has 0 N–H and O–H groups in total. The van der Waals surface area contributed by atoms with Crippen molar-refractivity contribution in [2.45, 2.75) is 41.9 Å². The van der Waals surface area contributed by atoms with Crippen LogP contribution in [0.3, 0.4) is 0 Å². The maximum Gasteiger partial charge on any atom is 0.244 e. The molecule has 1 fully saturated rings. The molecule has 1 aliphatic rings. The van der Waals surface area contributed by atoms with Gasteiger partial charge < -0.3 is 0 Å². The molecule has 0 unspecified atom stereocenters. The molecule has 3 rings (SSSR count). The van der Waals surface area contributed by atoms with Crippen LogP contribution in [0.25, 0.3) is 0 Å². The van der Waals surface area contributed by atoms with Gasteiger partial charge >= 0.3 is 0 Å². The fourth-order valence-corrected chi connectivity index (χ4v) is 6.06. The Kier molecular flexibility index (Phi) is 5.24. The monoisotopic (exact) mass is 401 g/mol. The zero-order valence-corrected chi connectivity index (χ0v) is 16.2. The molecular weight excluding hydrogens is 382 g/mol. The van der Waals surface area contributed by atoms with Gasteiger partial charge in [-0.05, 0) is 31.9 Å². The summed E-state index contributed by atoms with van der Waals surface area (Å²) in [4.78, 5) is 8.07. The highest BCUT2D eigenvalue weighted by molar-refractivity contribution is 7.90. The van der Waals surface area contributed by atoms with Crippen molar-refractivity contribution in [3.8, 4) is 0 Å². The van der Waals surface area contributed by atoms with Crippen LogP contribution >= 0.6 is 11.3 Å². The molecule has 0 aliphatic carbocycles. The maximum atomic E-state index is 12.6. The number of piperidine rings is 1. The Morgan fingerprint density at radius 3 is 2.40 bits per heavy atom. The molecule has 0 bridgehead atoms. The third kappa shape index (κ3) is 4.08. The zero-order valence-electron chi connectivity index (χ0n) is 13.8. The minimum atomic E-state index is -3.66. The number of sulfonamides is 1. The molecule has 0 aromatic carbocycles. The molecule has 0 spiro atoms. The lowest BCUT2D eigenvalue weighted by Gasteiger charge is -2.25. The number of aromatic nitrogens is 2. The highest BCUT2D eigenvalue weighted by Crippen LogP contribution is 2.22. The molecular formula is C15H19N3O4S3. The summed E-state index contributed by atoms with van der Waals surface area (Å²) in [6.45, 7) is 2.79. The van der Waals surface area contributed by atoms with E-state index in [0.29, 0.717) is 18.8 Å². The second kappa shape index (κ2) is 7.10. The first-order chi connectivity index (χ1) is 11.8. The summed E-state index contributed by atoms with van der Waals surface area (Å²) in [5.74, 6) is -0.247. The Morgan fingerprint density at radius 2 is 1.84 bits per heavy atom. The van der Waals surface area contributed by atoms with Gasteiger partial charge in [-0.25, -0.2) is 26.8 Å². The van der Waals surface area contributed by atoms with Crippen LogP contribution in [0.5, 0.6) is 0 Å². The zero-order chi connectivity index (χ0) is 18.1. The number of sulfone groups is 1. The summed E-state index contributed by atoms with van der Waals surface area (Å²) in [5.41, 5.74) is 0.467. The molecule has 2 aromatic rings. The first-order valence-electron chi connectivity index (χ1n) is 7.89. The van der Waals surface area contributed by atoms with Crippen LogP contribution in [-0.4, -0.2) is 44.2 Å². The molecule has 3 heterocycles. The third-order valence-corrected chi connectivity index (χ3v) is 8.24. The fraction of sp³-hybridized carbons (Fsp3) is 0.467. The second-order valence-corrected chi connectivity index (χ2v) is 10.9. The summed E-state index contributed by atoms with van der Waals surface area (Å²) >= 11 is 1.38. The predicted molar refractivity (Wildman–Crippen MR) is 94.6 cm³/mol. The topological polar surface area (TPSA) is 97.3 Å². The summed E-state index contributed by atoms with van der Waals surface area (Å²) in [6.07, 6.45) is 3.83. The Bertz CT molecular complexity index is 944. The van der Waals surface area contributed by atoms with E-state index in [1.165, 1.54) is 27.8 Å². The Labute approximate surface area is 151 Å². The van der Waals surface area contributed by atoms with Crippen molar-refractivity contribution < 1.29 is 16.8 Å². The lowest BCUT2D eigenvalue weighted by Crippen LogP contribution is -2.35. The number of hydrogen-bond donors (Lipinski definition) is 0. The van der Waals surface area contributed by atoms with E-state index in [1.807, 2.05) is 0 Å². The molecule has 136 valence electrons. The van der Waals surface area contributed by atoms with Crippen LogP contribution in [0.2, 0.25) is 0 Å². The molecule has 0 atom stereocenters. The van der Waals surface area contributed by atoms with Crippen molar-refractivity contribution in [2.75, 3.05) is 13.1 Å². The summed E-state index contributed by atoms with van der Waals surface area (Å²) in [7, 11) is -7.28. The number of pyridine rings is 1. The average Bonchev–Trinajstić information content (AvgIpc) is 3.00. The number of nitrogens with zero attached hydrogens (tertiary/aromatic N) is 3. The van der Waals surface area contributed by atoms with Crippen molar-refractivity contribution in [3.63, 3.8) is 0 Å². The van der Waals surface area contributed by atoms with E-state index in [-0.39, 0.29) is 15.7 Å². The van der Waals surface area contributed by atoms with Gasteiger partial charge in [-0.3, -0.25) is 0 Å². The summed E-state index contributed by atoms with van der Waals surface area (Å²) in [5, 5.41) is 2.35. The van der Waals surface area contributed by atoms with Crippen LogP contribution in [0.4, 0.5) is 0 Å². The molecule has 25 heavy (non-hydrogen) atoms. The number of aryl methyl sites for hydroxylation is 1. The minimum Gasteiger partial charge on any atom is -0.246 e. The van der Waals surface area contributed by atoms with E-state index in [9.17, 15) is 16.8 Å². The van der Waals surface area contributed by atoms with Crippen molar-refractivity contribution in [1.82, 2.24) is 14.3 Å². The van der Waals surface area contributed by atoms with E-state index >= 15 is 0 Å². The smallest absolute Gasteiger partial charge is 0.244 e. The number of rotatable bonds is 5. The van der Waals surface area contributed by atoms with Gasteiger partial charge in [-0.15, -0.1) is 11.3 Å². The maximum absolute atomic E-state index is 12.6. The van der Waals surface area contributed by atoms with Crippen LogP contribution in [-0.2, 0) is 25.6 Å². The van der Waals surface area contributed by atoms with Gasteiger partial charge in [0.2, 0.25) is 19.9 Å². The SMILES string of the molecule is Cc1nc(CS(=O)(=O)c2ccc(S(=O)(=O)N3CCCCC3)cn2)cs1. The van der Waals surface area contributed by atoms with Gasteiger partial charge in [-0.1, -0.05) is 6.42 Å². The molecule has 7 nitrogen and oxygen atoms in total. The molecule has 0 amide bonds. The fourth-order valence-electron chi connectivity index (χ4n) is 2.70. The predicted octanol–water partition coefficient (Wildman–Crippen LogP) is 2.00. The van der Waals surface area contributed by atoms with E-state index in [0.717, 1.165) is 30.5 Å². The van der Waals surface area contributed by atoms with Crippen molar-refractivity contribution >= 4 is 31.2 Å². The van der Waals surface area contributed by atoms with Gasteiger partial charge in [0, 0.05) is 24.7 Å². The first kappa shape index (κ1) is 18.4. The molecule has 1 aliphatic heterocycles. The highest BCUT2D eigenvalue weighted by atomic mass is 32.2. The lowest BCUT2D eigenvalue weighted by molar-refractivity contribution is 0.346. The second-order valence-electron chi connectivity index (χ2n) is 5.91. The van der Waals surface area contributed by atoms with E-state index in [2.05, 4.69) is 9.97 Å². The van der Waals surface area contributed by atoms with Gasteiger partial charge in [0.05, 0.1) is 16.5 Å². The van der Waals surface area contributed by atoms with Gasteiger partial charge in [0.15, 0.2) is 5.03 Å². The van der Waals surface area contributed by atoms with E-state index < -0.39 is 19.9 Å². The highest BCUT2D eigenvalue weighted by Gasteiger charge is 2.27. The molecule has 10 heteroatoms. The van der Waals surface area contributed by atoms with Gasteiger partial charge in [0.25, 0.3) is 0 Å². The minimum absolute atomic E-state index is 0.0258. The lowest BCUT2D eigenvalue weighted by atomic mass is 10.2. The largest absolute Gasteiger partial charge is 0.246 e. The third-order valence-electron chi connectivity index (χ3n) is 3.99. The van der Waals surface area contributed by atoms with Gasteiger partial charge in [-0.2, -0.15) is 4.31 Å². The van der Waals surface area contributed by atoms with Crippen LogP contribution in [0, 0.1) is 6.92 Å². The van der Waals surface area contributed by atoms with Gasteiger partial charge in [0.1, 0.15) is 4.90 Å². The van der Waals surface area contributed by atoms with Crippen molar-refractivity contribution in [1.29, 1.82) is 0 Å². The van der Waals surface area contributed by atoms with Crippen LogP contribution < -0.4 is 0 Å². The quantitative estimate of drug-likeness (QED) is 0.760. The Balaban J connectivity index is 1.81. The van der Waals surface area contributed by atoms with Crippen molar-refractivity contribution in [2.24, 2.45) is 0 Å². The Morgan fingerprint density at radius 1 is 1.12 bits per heavy atom. The number of thiazole rings is 1. The van der Waals surface area contributed by atoms with E-state index in [1.54, 1.807) is 12.3 Å². The summed E-state index contributed by atoms with van der Waals surface area (Å²) < 4.78 is 51.4. The average molecular weight is 402 g/mol.